The molecule has 0 amide bonds. The minimum absolute atomic E-state index is 0.186. The molecule has 3 unspecified atom stereocenters. The summed E-state index contributed by atoms with van der Waals surface area (Å²) in [6.07, 6.45) is 3.28. The van der Waals surface area contributed by atoms with E-state index in [2.05, 4.69) is 28.2 Å². The highest BCUT2D eigenvalue weighted by Gasteiger charge is 2.32. The van der Waals surface area contributed by atoms with E-state index in [0.717, 1.165) is 35.9 Å². The van der Waals surface area contributed by atoms with Gasteiger partial charge in [-0.3, -0.25) is 0 Å². The second-order valence-corrected chi connectivity index (χ2v) is 6.06. The molecule has 4 heteroatoms. The SMILES string of the molecule is CCC1OCCC1C(Cc1cc(F)cc(Br)c1)NC. The monoisotopic (exact) mass is 329 g/mol. The van der Waals surface area contributed by atoms with Crippen LogP contribution in [0.1, 0.15) is 25.3 Å². The van der Waals surface area contributed by atoms with E-state index < -0.39 is 0 Å². The first-order valence-electron chi connectivity index (χ1n) is 6.88. The quantitative estimate of drug-likeness (QED) is 0.892. The van der Waals surface area contributed by atoms with Gasteiger partial charge in [-0.2, -0.15) is 0 Å². The Kier molecular flexibility index (Phi) is 5.37. The lowest BCUT2D eigenvalue weighted by Gasteiger charge is -2.27. The summed E-state index contributed by atoms with van der Waals surface area (Å²) in [7, 11) is 1.98. The van der Waals surface area contributed by atoms with E-state index in [1.165, 1.54) is 6.07 Å². The second kappa shape index (κ2) is 6.82. The predicted octanol–water partition coefficient (Wildman–Crippen LogP) is 3.53. The van der Waals surface area contributed by atoms with Crippen LogP contribution in [0.5, 0.6) is 0 Å². The number of halogens is 2. The van der Waals surface area contributed by atoms with Gasteiger partial charge in [-0.15, -0.1) is 0 Å². The molecule has 0 radical (unpaired) electrons. The maximum atomic E-state index is 13.4. The molecule has 0 saturated carbocycles. The van der Waals surface area contributed by atoms with Crippen molar-refractivity contribution in [3.63, 3.8) is 0 Å². The first kappa shape index (κ1) is 14.9. The van der Waals surface area contributed by atoms with E-state index in [9.17, 15) is 4.39 Å². The smallest absolute Gasteiger partial charge is 0.124 e. The molecule has 1 aliphatic heterocycles. The molecule has 2 nitrogen and oxygen atoms in total. The number of rotatable bonds is 5. The molecular weight excluding hydrogens is 309 g/mol. The summed E-state index contributed by atoms with van der Waals surface area (Å²) in [5, 5.41) is 3.38. The van der Waals surface area contributed by atoms with Crippen LogP contribution < -0.4 is 5.32 Å². The summed E-state index contributed by atoms with van der Waals surface area (Å²) in [4.78, 5) is 0. The van der Waals surface area contributed by atoms with Crippen molar-refractivity contribution in [2.24, 2.45) is 5.92 Å². The average Bonchev–Trinajstić information content (AvgIpc) is 2.82. The lowest BCUT2D eigenvalue weighted by molar-refractivity contribution is 0.0783. The zero-order valence-corrected chi connectivity index (χ0v) is 13.0. The Balaban J connectivity index is 2.10. The minimum atomic E-state index is -0.186. The summed E-state index contributed by atoms with van der Waals surface area (Å²) in [5.74, 6) is 0.325. The summed E-state index contributed by atoms with van der Waals surface area (Å²) < 4.78 is 20.0. The van der Waals surface area contributed by atoms with Crippen LogP contribution in [0.4, 0.5) is 4.39 Å². The van der Waals surface area contributed by atoms with Crippen molar-refractivity contribution in [2.45, 2.75) is 38.3 Å². The molecule has 0 aromatic heterocycles. The van der Waals surface area contributed by atoms with Crippen LogP contribution in [0.15, 0.2) is 22.7 Å². The fourth-order valence-corrected chi connectivity index (χ4v) is 3.51. The van der Waals surface area contributed by atoms with Crippen LogP contribution in [0.3, 0.4) is 0 Å². The number of benzene rings is 1. The number of likely N-dealkylation sites (N-methyl/N-ethyl adjacent to an activating group) is 1. The van der Waals surface area contributed by atoms with Crippen LogP contribution in [-0.2, 0) is 11.2 Å². The molecule has 1 fully saturated rings. The Labute approximate surface area is 122 Å². The summed E-state index contributed by atoms with van der Waals surface area (Å²) >= 11 is 3.35. The third-order valence-electron chi connectivity index (χ3n) is 3.93. The number of hydrogen-bond donors (Lipinski definition) is 1. The highest BCUT2D eigenvalue weighted by atomic mass is 79.9. The third-order valence-corrected chi connectivity index (χ3v) is 4.39. The lowest BCUT2D eigenvalue weighted by Crippen LogP contribution is -2.39. The molecular formula is C15H21BrFNO. The standard InChI is InChI=1S/C15H21BrFNO/c1-3-15-13(4-5-19-15)14(18-2)8-10-6-11(16)9-12(17)7-10/h6-7,9,13-15,18H,3-5,8H2,1-2H3. The molecule has 1 aromatic carbocycles. The topological polar surface area (TPSA) is 21.3 Å². The van der Waals surface area contributed by atoms with Crippen molar-refractivity contribution in [3.8, 4) is 0 Å². The zero-order chi connectivity index (χ0) is 13.8. The van der Waals surface area contributed by atoms with Crippen LogP contribution in [0, 0.1) is 11.7 Å². The van der Waals surface area contributed by atoms with Gasteiger partial charge in [0.25, 0.3) is 0 Å². The second-order valence-electron chi connectivity index (χ2n) is 5.15. The number of nitrogens with one attached hydrogen (secondary N) is 1. The number of ether oxygens (including phenoxy) is 1. The molecule has 1 heterocycles. The first-order valence-corrected chi connectivity index (χ1v) is 7.67. The van der Waals surface area contributed by atoms with E-state index in [-0.39, 0.29) is 5.82 Å². The highest BCUT2D eigenvalue weighted by molar-refractivity contribution is 9.10. The van der Waals surface area contributed by atoms with Crippen LogP contribution in [0.25, 0.3) is 0 Å². The van der Waals surface area contributed by atoms with Crippen molar-refractivity contribution in [3.05, 3.63) is 34.1 Å². The van der Waals surface area contributed by atoms with Gasteiger partial charge in [0.05, 0.1) is 6.10 Å². The fourth-order valence-electron chi connectivity index (χ4n) is 3.00. The Morgan fingerprint density at radius 1 is 1.47 bits per heavy atom. The van der Waals surface area contributed by atoms with Gasteiger partial charge in [0.1, 0.15) is 5.82 Å². The predicted molar refractivity (Wildman–Crippen MR) is 78.8 cm³/mol. The van der Waals surface area contributed by atoms with E-state index in [4.69, 9.17) is 4.74 Å². The van der Waals surface area contributed by atoms with Gasteiger partial charge < -0.3 is 10.1 Å². The Hall–Kier alpha value is -0.450. The summed E-state index contributed by atoms with van der Waals surface area (Å²) in [6.45, 7) is 3.00. The van der Waals surface area contributed by atoms with Crippen LogP contribution in [0.2, 0.25) is 0 Å². The average molecular weight is 330 g/mol. The molecule has 0 bridgehead atoms. The minimum Gasteiger partial charge on any atom is -0.378 e. The molecule has 106 valence electrons. The molecule has 1 N–H and O–H groups in total. The van der Waals surface area contributed by atoms with Gasteiger partial charge in [0.15, 0.2) is 0 Å². The molecule has 3 atom stereocenters. The van der Waals surface area contributed by atoms with Crippen LogP contribution in [-0.4, -0.2) is 25.8 Å². The van der Waals surface area contributed by atoms with Crippen LogP contribution >= 0.6 is 15.9 Å². The zero-order valence-electron chi connectivity index (χ0n) is 11.5. The molecule has 1 aliphatic rings. The number of hydrogen-bond acceptors (Lipinski definition) is 2. The van der Waals surface area contributed by atoms with Crippen molar-refractivity contribution in [1.29, 1.82) is 0 Å². The van der Waals surface area contributed by atoms with Crippen molar-refractivity contribution in [2.75, 3.05) is 13.7 Å². The van der Waals surface area contributed by atoms with Gasteiger partial charge in [-0.25, -0.2) is 4.39 Å². The lowest BCUT2D eigenvalue weighted by atomic mass is 9.87. The molecule has 0 aliphatic carbocycles. The van der Waals surface area contributed by atoms with Gasteiger partial charge in [-0.05, 0) is 50.1 Å². The largest absolute Gasteiger partial charge is 0.378 e. The molecule has 2 rings (SSSR count). The fraction of sp³-hybridized carbons (Fsp3) is 0.600. The first-order chi connectivity index (χ1) is 9.13. The maximum Gasteiger partial charge on any atom is 0.124 e. The van der Waals surface area contributed by atoms with E-state index in [0.29, 0.717) is 18.1 Å². The Bertz CT molecular complexity index is 406. The van der Waals surface area contributed by atoms with E-state index >= 15 is 0 Å². The van der Waals surface area contributed by atoms with Gasteiger partial charge in [0.2, 0.25) is 0 Å². The Morgan fingerprint density at radius 3 is 2.89 bits per heavy atom. The van der Waals surface area contributed by atoms with Crippen molar-refractivity contribution in [1.82, 2.24) is 5.32 Å². The van der Waals surface area contributed by atoms with Gasteiger partial charge in [-0.1, -0.05) is 22.9 Å². The molecule has 1 aromatic rings. The van der Waals surface area contributed by atoms with Crippen molar-refractivity contribution < 1.29 is 9.13 Å². The highest BCUT2D eigenvalue weighted by Crippen LogP contribution is 2.28. The van der Waals surface area contributed by atoms with Crippen molar-refractivity contribution >= 4 is 15.9 Å². The normalized spacial score (nSPS) is 24.6. The van der Waals surface area contributed by atoms with Gasteiger partial charge >= 0.3 is 0 Å². The Morgan fingerprint density at radius 2 is 2.26 bits per heavy atom. The molecule has 1 saturated heterocycles. The summed E-state index contributed by atoms with van der Waals surface area (Å²) in [5.41, 5.74) is 1.02. The summed E-state index contributed by atoms with van der Waals surface area (Å²) in [6, 6.07) is 5.43. The van der Waals surface area contributed by atoms with E-state index in [1.54, 1.807) is 6.07 Å². The molecule has 19 heavy (non-hydrogen) atoms. The third kappa shape index (κ3) is 3.77. The molecule has 0 spiro atoms. The maximum absolute atomic E-state index is 13.4. The van der Waals surface area contributed by atoms with E-state index in [1.807, 2.05) is 13.1 Å². The van der Waals surface area contributed by atoms with Gasteiger partial charge in [0, 0.05) is 23.0 Å².